The fourth-order valence-electron chi connectivity index (χ4n) is 3.84. The molecule has 1 atom stereocenters. The van der Waals surface area contributed by atoms with Gasteiger partial charge in [-0.25, -0.2) is 4.98 Å². The number of carbonyl (C=O) groups is 3. The second kappa shape index (κ2) is 8.73. The summed E-state index contributed by atoms with van der Waals surface area (Å²) >= 11 is 1.34. The molecule has 1 saturated heterocycles. The average molecular weight is 413 g/mol. The first kappa shape index (κ1) is 19.6. The minimum atomic E-state index is -0.506. The number of anilines is 1. The molecule has 2 amide bonds. The number of aryl methyl sites for hydroxylation is 1. The molecule has 0 unspecified atom stereocenters. The third-order valence-electron chi connectivity index (χ3n) is 5.24. The second-order valence-corrected chi connectivity index (χ2v) is 8.16. The molecule has 2 aliphatic rings. The molecule has 2 heterocycles. The van der Waals surface area contributed by atoms with Crippen molar-refractivity contribution in [2.24, 2.45) is 0 Å². The van der Waals surface area contributed by atoms with E-state index in [9.17, 15) is 14.4 Å². The van der Waals surface area contributed by atoms with E-state index in [2.05, 4.69) is 16.4 Å². The number of esters is 1. The zero-order valence-electron chi connectivity index (χ0n) is 16.1. The van der Waals surface area contributed by atoms with Crippen LogP contribution in [0.25, 0.3) is 0 Å². The molecule has 4 rings (SSSR count). The molecule has 8 heteroatoms. The van der Waals surface area contributed by atoms with E-state index in [1.165, 1.54) is 16.9 Å². The van der Waals surface area contributed by atoms with Crippen molar-refractivity contribution in [1.82, 2.24) is 10.3 Å². The van der Waals surface area contributed by atoms with Crippen LogP contribution in [0.3, 0.4) is 0 Å². The molecule has 1 aliphatic carbocycles. The number of fused-ring (bicyclic) bond motifs is 1. The molecule has 1 aliphatic heterocycles. The van der Waals surface area contributed by atoms with E-state index in [-0.39, 0.29) is 30.9 Å². The van der Waals surface area contributed by atoms with Crippen LogP contribution >= 0.6 is 11.3 Å². The number of ether oxygens (including phenoxy) is 1. The number of amides is 2. The van der Waals surface area contributed by atoms with Crippen molar-refractivity contribution in [2.45, 2.75) is 44.6 Å². The van der Waals surface area contributed by atoms with Crippen LogP contribution in [-0.2, 0) is 32.0 Å². The summed E-state index contributed by atoms with van der Waals surface area (Å²) < 4.78 is 5.13. The quantitative estimate of drug-likeness (QED) is 0.736. The predicted octanol–water partition coefficient (Wildman–Crippen LogP) is 2.55. The highest BCUT2D eigenvalue weighted by Gasteiger charge is 2.25. The van der Waals surface area contributed by atoms with Crippen molar-refractivity contribution in [3.63, 3.8) is 0 Å². The summed E-state index contributed by atoms with van der Waals surface area (Å²) in [7, 11) is 0. The number of nitrogens with one attached hydrogen (secondary N) is 1. The van der Waals surface area contributed by atoms with Gasteiger partial charge in [-0.15, -0.1) is 11.3 Å². The Morgan fingerprint density at radius 2 is 2.10 bits per heavy atom. The summed E-state index contributed by atoms with van der Waals surface area (Å²) in [5.41, 5.74) is 2.96. The molecule has 7 nitrogen and oxygen atoms in total. The maximum atomic E-state index is 12.2. The van der Waals surface area contributed by atoms with Crippen LogP contribution < -0.4 is 10.2 Å². The molecule has 1 N–H and O–H groups in total. The lowest BCUT2D eigenvalue weighted by Gasteiger charge is -2.26. The SMILES string of the molecule is O=C(COC(=O)Cc1csc(N2CCCC2=O)n1)N[C@@H]1CCCc2ccccc21. The zero-order valence-corrected chi connectivity index (χ0v) is 16.9. The summed E-state index contributed by atoms with van der Waals surface area (Å²) in [5.74, 6) is -0.745. The van der Waals surface area contributed by atoms with Crippen molar-refractivity contribution in [3.05, 3.63) is 46.5 Å². The summed E-state index contributed by atoms with van der Waals surface area (Å²) in [6.45, 7) is 0.361. The van der Waals surface area contributed by atoms with Crippen molar-refractivity contribution >= 4 is 34.3 Å². The summed E-state index contributed by atoms with van der Waals surface area (Å²) in [6, 6.07) is 8.07. The van der Waals surface area contributed by atoms with Crippen molar-refractivity contribution < 1.29 is 19.1 Å². The normalized spacial score (nSPS) is 18.4. The van der Waals surface area contributed by atoms with Gasteiger partial charge in [0.25, 0.3) is 5.91 Å². The van der Waals surface area contributed by atoms with Gasteiger partial charge >= 0.3 is 5.97 Å². The highest BCUT2D eigenvalue weighted by atomic mass is 32.1. The molecule has 29 heavy (non-hydrogen) atoms. The molecule has 1 aromatic heterocycles. The van der Waals surface area contributed by atoms with Crippen molar-refractivity contribution in [3.8, 4) is 0 Å². The second-order valence-electron chi connectivity index (χ2n) is 7.32. The molecule has 2 aromatic rings. The molecule has 0 saturated carbocycles. The van der Waals surface area contributed by atoms with Gasteiger partial charge < -0.3 is 10.1 Å². The van der Waals surface area contributed by atoms with Crippen molar-refractivity contribution in [1.29, 1.82) is 0 Å². The first-order chi connectivity index (χ1) is 14.1. The summed E-state index contributed by atoms with van der Waals surface area (Å²) in [4.78, 5) is 42.1. The Balaban J connectivity index is 1.25. The molecule has 1 aromatic carbocycles. The van der Waals surface area contributed by atoms with Gasteiger partial charge in [-0.05, 0) is 36.8 Å². The van der Waals surface area contributed by atoms with Gasteiger partial charge in [-0.1, -0.05) is 24.3 Å². The van der Waals surface area contributed by atoms with Crippen LogP contribution in [0.2, 0.25) is 0 Å². The van der Waals surface area contributed by atoms with Crippen LogP contribution in [-0.4, -0.2) is 35.9 Å². The number of aromatic nitrogens is 1. The molecule has 1 fully saturated rings. The van der Waals surface area contributed by atoms with Gasteiger partial charge in [-0.3, -0.25) is 19.3 Å². The fourth-order valence-corrected chi connectivity index (χ4v) is 4.70. The Labute approximate surface area is 173 Å². The molecule has 0 spiro atoms. The van der Waals surface area contributed by atoms with E-state index in [4.69, 9.17) is 4.74 Å². The van der Waals surface area contributed by atoms with E-state index in [1.807, 2.05) is 18.2 Å². The van der Waals surface area contributed by atoms with Crippen molar-refractivity contribution in [2.75, 3.05) is 18.1 Å². The third kappa shape index (κ3) is 4.64. The van der Waals surface area contributed by atoms with Gasteiger partial charge in [0.05, 0.1) is 18.2 Å². The zero-order chi connectivity index (χ0) is 20.2. The van der Waals surface area contributed by atoms with Crippen LogP contribution in [0.4, 0.5) is 5.13 Å². The minimum Gasteiger partial charge on any atom is -0.455 e. The van der Waals surface area contributed by atoms with E-state index >= 15 is 0 Å². The average Bonchev–Trinajstić information content (AvgIpc) is 3.35. The van der Waals surface area contributed by atoms with Gasteiger partial charge in [-0.2, -0.15) is 0 Å². The number of thiazole rings is 1. The maximum Gasteiger partial charge on any atom is 0.312 e. The van der Waals surface area contributed by atoms with Gasteiger partial charge in [0.2, 0.25) is 5.91 Å². The summed E-state index contributed by atoms with van der Waals surface area (Å²) in [6.07, 6.45) is 4.28. The maximum absolute atomic E-state index is 12.2. The smallest absolute Gasteiger partial charge is 0.312 e. The van der Waals surface area contributed by atoms with Crippen LogP contribution in [0, 0.1) is 0 Å². The number of nitrogens with zero attached hydrogens (tertiary/aromatic N) is 2. The predicted molar refractivity (Wildman–Crippen MR) is 109 cm³/mol. The van der Waals surface area contributed by atoms with Crippen LogP contribution in [0.5, 0.6) is 0 Å². The Morgan fingerprint density at radius 1 is 1.24 bits per heavy atom. The Hall–Kier alpha value is -2.74. The van der Waals surface area contributed by atoms with Crippen LogP contribution in [0.15, 0.2) is 29.6 Å². The molecule has 0 radical (unpaired) electrons. The van der Waals surface area contributed by atoms with Gasteiger partial charge in [0, 0.05) is 18.3 Å². The number of hydrogen-bond donors (Lipinski definition) is 1. The first-order valence-electron chi connectivity index (χ1n) is 9.88. The third-order valence-corrected chi connectivity index (χ3v) is 6.15. The van der Waals surface area contributed by atoms with E-state index in [0.29, 0.717) is 23.8 Å². The van der Waals surface area contributed by atoms with Gasteiger partial charge in [0.15, 0.2) is 11.7 Å². The molecular formula is C21H23N3O4S. The molecule has 152 valence electrons. The largest absolute Gasteiger partial charge is 0.455 e. The highest BCUT2D eigenvalue weighted by molar-refractivity contribution is 7.14. The van der Waals surface area contributed by atoms with E-state index < -0.39 is 5.97 Å². The number of rotatable bonds is 6. The number of benzene rings is 1. The Morgan fingerprint density at radius 3 is 2.93 bits per heavy atom. The highest BCUT2D eigenvalue weighted by Crippen LogP contribution is 2.29. The van der Waals surface area contributed by atoms with Gasteiger partial charge in [0.1, 0.15) is 0 Å². The van der Waals surface area contributed by atoms with E-state index in [1.54, 1.807) is 10.3 Å². The number of carbonyl (C=O) groups excluding carboxylic acids is 3. The molecule has 0 bridgehead atoms. The van der Waals surface area contributed by atoms with E-state index in [0.717, 1.165) is 31.2 Å². The summed E-state index contributed by atoms with van der Waals surface area (Å²) in [5, 5.41) is 5.33. The van der Waals surface area contributed by atoms with Crippen LogP contribution in [0.1, 0.15) is 48.5 Å². The lowest BCUT2D eigenvalue weighted by molar-refractivity contribution is -0.148. The topological polar surface area (TPSA) is 88.6 Å². The fraction of sp³-hybridized carbons (Fsp3) is 0.429. The Bertz CT molecular complexity index is 926. The standard InChI is InChI=1S/C21H23N3O4S/c25-18(23-17-8-3-6-14-5-1-2-7-16(14)17)12-28-20(27)11-15-13-29-21(22-15)24-10-4-9-19(24)26/h1-2,5,7,13,17H,3-4,6,8-12H2,(H,23,25)/t17-/m1/s1. The lowest BCUT2D eigenvalue weighted by atomic mass is 9.88. The molecular weight excluding hydrogens is 390 g/mol. The minimum absolute atomic E-state index is 0.0158. The Kier molecular flexibility index (Phi) is 5.89. The number of hydrogen-bond acceptors (Lipinski definition) is 6. The monoisotopic (exact) mass is 413 g/mol. The lowest BCUT2D eigenvalue weighted by Crippen LogP contribution is -2.34. The first-order valence-corrected chi connectivity index (χ1v) is 10.8.